The van der Waals surface area contributed by atoms with Gasteiger partial charge in [0.25, 0.3) is 0 Å². The molecule has 0 aliphatic carbocycles. The van der Waals surface area contributed by atoms with Crippen LogP contribution in [0, 0.1) is 6.92 Å². The maximum Gasteiger partial charge on any atom is 0.227 e. The molecule has 0 saturated carbocycles. The molecule has 1 unspecified atom stereocenters. The van der Waals surface area contributed by atoms with Gasteiger partial charge in [-0.1, -0.05) is 70.1 Å². The van der Waals surface area contributed by atoms with Crippen LogP contribution in [0.25, 0.3) is 0 Å². The zero-order chi connectivity index (χ0) is 21.4. The average molecular weight is 401 g/mol. The van der Waals surface area contributed by atoms with E-state index in [2.05, 4.69) is 39.0 Å². The van der Waals surface area contributed by atoms with Crippen molar-refractivity contribution in [2.75, 3.05) is 25.0 Å². The lowest BCUT2D eigenvalue weighted by Crippen LogP contribution is -2.38. The molecule has 4 nitrogen and oxygen atoms in total. The Morgan fingerprint density at radius 2 is 1.76 bits per heavy atom. The lowest BCUT2D eigenvalue weighted by molar-refractivity contribution is -0.127. The van der Waals surface area contributed by atoms with Crippen LogP contribution in [-0.2, 0) is 15.0 Å². The minimum Gasteiger partial charge on any atom is -0.346 e. The first-order chi connectivity index (χ1) is 13.8. The Bertz CT molecular complexity index is 700. The van der Waals surface area contributed by atoms with Gasteiger partial charge in [0.15, 0.2) is 0 Å². The van der Waals surface area contributed by atoms with E-state index in [0.29, 0.717) is 19.5 Å². The Balaban J connectivity index is 1.99. The quantitative estimate of drug-likeness (QED) is 0.453. The van der Waals surface area contributed by atoms with E-state index in [1.54, 1.807) is 11.8 Å². The summed E-state index contributed by atoms with van der Waals surface area (Å²) in [6.45, 7) is 9.60. The Hall–Kier alpha value is -1.84. The van der Waals surface area contributed by atoms with Gasteiger partial charge in [-0.15, -0.1) is 0 Å². The minimum absolute atomic E-state index is 0.0860. The van der Waals surface area contributed by atoms with Gasteiger partial charge in [0, 0.05) is 44.6 Å². The van der Waals surface area contributed by atoms with Crippen molar-refractivity contribution in [2.24, 2.45) is 0 Å². The smallest absolute Gasteiger partial charge is 0.227 e. The van der Waals surface area contributed by atoms with Gasteiger partial charge in [0.2, 0.25) is 11.8 Å². The largest absolute Gasteiger partial charge is 0.346 e. The molecular formula is C25H40N2O2. The second-order valence-electron chi connectivity index (χ2n) is 9.12. The van der Waals surface area contributed by atoms with E-state index in [9.17, 15) is 9.59 Å². The van der Waals surface area contributed by atoms with Crippen molar-refractivity contribution < 1.29 is 9.59 Å². The molecule has 1 aromatic carbocycles. The third-order valence-electron chi connectivity index (χ3n) is 6.43. The first-order valence-electron chi connectivity index (χ1n) is 11.4. The Labute approximate surface area is 177 Å². The molecule has 0 N–H and O–H groups in total. The van der Waals surface area contributed by atoms with Crippen molar-refractivity contribution in [2.45, 2.75) is 90.9 Å². The summed E-state index contributed by atoms with van der Waals surface area (Å²) in [4.78, 5) is 28.4. The van der Waals surface area contributed by atoms with E-state index in [4.69, 9.17) is 0 Å². The fraction of sp³-hybridized carbons (Fsp3) is 0.680. The number of nitrogens with zero attached hydrogens (tertiary/aromatic N) is 2. The number of benzene rings is 1. The molecule has 4 heteroatoms. The lowest BCUT2D eigenvalue weighted by Gasteiger charge is -2.28. The number of hydrogen-bond donors (Lipinski definition) is 0. The van der Waals surface area contributed by atoms with Gasteiger partial charge in [-0.25, -0.2) is 0 Å². The van der Waals surface area contributed by atoms with E-state index in [1.807, 2.05) is 11.9 Å². The second-order valence-corrected chi connectivity index (χ2v) is 9.12. The topological polar surface area (TPSA) is 40.6 Å². The maximum atomic E-state index is 13.0. The van der Waals surface area contributed by atoms with Crippen LogP contribution < -0.4 is 4.90 Å². The molecule has 162 valence electrons. The fourth-order valence-electron chi connectivity index (χ4n) is 4.26. The molecule has 1 heterocycles. The highest BCUT2D eigenvalue weighted by Gasteiger charge is 2.41. The zero-order valence-corrected chi connectivity index (χ0v) is 19.2. The molecule has 2 rings (SSSR count). The number of aryl methyl sites for hydroxylation is 1. The van der Waals surface area contributed by atoms with Gasteiger partial charge in [-0.2, -0.15) is 0 Å². The predicted octanol–water partition coefficient (Wildman–Crippen LogP) is 5.61. The number of hydrogen-bond acceptors (Lipinski definition) is 2. The SMILES string of the molecule is CCCCCCCCCC(=O)N1CC(C)(CCN(C)C(C)=O)c2cc(C)ccc21. The molecule has 29 heavy (non-hydrogen) atoms. The van der Waals surface area contributed by atoms with Crippen LogP contribution in [0.15, 0.2) is 18.2 Å². The van der Waals surface area contributed by atoms with Gasteiger partial charge in [-0.05, 0) is 31.4 Å². The highest BCUT2D eigenvalue weighted by Crippen LogP contribution is 2.43. The van der Waals surface area contributed by atoms with Crippen molar-refractivity contribution in [1.29, 1.82) is 0 Å². The minimum atomic E-state index is -0.110. The van der Waals surface area contributed by atoms with Crippen LogP contribution >= 0.6 is 0 Å². The van der Waals surface area contributed by atoms with Gasteiger partial charge in [0.1, 0.15) is 0 Å². The van der Waals surface area contributed by atoms with Crippen LogP contribution in [0.5, 0.6) is 0 Å². The third-order valence-corrected chi connectivity index (χ3v) is 6.43. The molecule has 0 saturated heterocycles. The molecule has 0 bridgehead atoms. The zero-order valence-electron chi connectivity index (χ0n) is 19.2. The van der Waals surface area contributed by atoms with Crippen molar-refractivity contribution >= 4 is 17.5 Å². The van der Waals surface area contributed by atoms with Crippen molar-refractivity contribution in [3.63, 3.8) is 0 Å². The van der Waals surface area contributed by atoms with Crippen LogP contribution in [0.4, 0.5) is 5.69 Å². The van der Waals surface area contributed by atoms with Crippen LogP contribution in [0.2, 0.25) is 0 Å². The molecule has 0 radical (unpaired) electrons. The molecule has 0 aromatic heterocycles. The Morgan fingerprint density at radius 3 is 2.41 bits per heavy atom. The number of amides is 2. The number of rotatable bonds is 11. The highest BCUT2D eigenvalue weighted by atomic mass is 16.2. The number of unbranched alkanes of at least 4 members (excludes halogenated alkanes) is 6. The first-order valence-corrected chi connectivity index (χ1v) is 11.4. The van der Waals surface area contributed by atoms with Crippen LogP contribution in [0.1, 0.15) is 89.7 Å². The second kappa shape index (κ2) is 10.8. The Morgan fingerprint density at radius 1 is 1.10 bits per heavy atom. The summed E-state index contributed by atoms with van der Waals surface area (Å²) in [6.07, 6.45) is 10.0. The van der Waals surface area contributed by atoms with Gasteiger partial charge >= 0.3 is 0 Å². The van der Waals surface area contributed by atoms with Gasteiger partial charge in [-0.3, -0.25) is 9.59 Å². The molecule has 0 fully saturated rings. The predicted molar refractivity (Wildman–Crippen MR) is 121 cm³/mol. The summed E-state index contributed by atoms with van der Waals surface area (Å²) in [5, 5.41) is 0. The van der Waals surface area contributed by atoms with Crippen molar-refractivity contribution in [3.8, 4) is 0 Å². The molecule has 2 amide bonds. The van der Waals surface area contributed by atoms with E-state index < -0.39 is 0 Å². The molecule has 1 aliphatic heterocycles. The molecule has 1 aliphatic rings. The third kappa shape index (κ3) is 6.32. The van der Waals surface area contributed by atoms with Gasteiger partial charge < -0.3 is 9.80 Å². The summed E-state index contributed by atoms with van der Waals surface area (Å²) in [7, 11) is 1.85. The maximum absolute atomic E-state index is 13.0. The molecule has 0 spiro atoms. The van der Waals surface area contributed by atoms with Gasteiger partial charge in [0.05, 0.1) is 0 Å². The summed E-state index contributed by atoms with van der Waals surface area (Å²) in [5.74, 6) is 0.329. The average Bonchev–Trinajstić information content (AvgIpc) is 2.98. The lowest BCUT2D eigenvalue weighted by atomic mass is 9.80. The van der Waals surface area contributed by atoms with Crippen molar-refractivity contribution in [1.82, 2.24) is 4.90 Å². The molecular weight excluding hydrogens is 360 g/mol. The number of anilines is 1. The standard InChI is InChI=1S/C25H40N2O2/c1-6-7-8-9-10-11-12-13-24(29)27-19-25(4,16-17-26(5)21(3)28)22-18-20(2)14-15-23(22)27/h14-15,18H,6-13,16-17,19H2,1-5H3. The van der Waals surface area contributed by atoms with Crippen LogP contribution in [-0.4, -0.2) is 36.9 Å². The summed E-state index contributed by atoms with van der Waals surface area (Å²) < 4.78 is 0. The number of carbonyl (C=O) groups excluding carboxylic acids is 2. The van der Waals surface area contributed by atoms with E-state index in [-0.39, 0.29) is 17.2 Å². The van der Waals surface area contributed by atoms with Crippen LogP contribution in [0.3, 0.4) is 0 Å². The van der Waals surface area contributed by atoms with E-state index in [1.165, 1.54) is 43.2 Å². The number of fused-ring (bicyclic) bond motifs is 1. The van der Waals surface area contributed by atoms with E-state index >= 15 is 0 Å². The normalized spacial score (nSPS) is 18.0. The van der Waals surface area contributed by atoms with E-state index in [0.717, 1.165) is 24.9 Å². The summed E-state index contributed by atoms with van der Waals surface area (Å²) in [5.41, 5.74) is 3.43. The van der Waals surface area contributed by atoms with Crippen molar-refractivity contribution in [3.05, 3.63) is 29.3 Å². The molecule has 1 aromatic rings. The monoisotopic (exact) mass is 400 g/mol. The highest BCUT2D eigenvalue weighted by molar-refractivity contribution is 5.96. The first kappa shape index (κ1) is 23.4. The fourth-order valence-corrected chi connectivity index (χ4v) is 4.26. The number of carbonyl (C=O) groups is 2. The summed E-state index contributed by atoms with van der Waals surface area (Å²) in [6, 6.07) is 6.43. The Kier molecular flexibility index (Phi) is 8.73. The molecule has 1 atom stereocenters. The summed E-state index contributed by atoms with van der Waals surface area (Å²) >= 11 is 0.